The number of oxazole rings is 1. The molecule has 27 heavy (non-hydrogen) atoms. The number of anilines is 2. The van der Waals surface area contributed by atoms with Crippen LogP contribution in [-0.4, -0.2) is 18.7 Å². The highest BCUT2D eigenvalue weighted by Gasteiger charge is 2.11. The van der Waals surface area contributed by atoms with E-state index in [2.05, 4.69) is 10.3 Å². The van der Waals surface area contributed by atoms with Crippen LogP contribution < -0.4 is 14.8 Å². The first kappa shape index (κ1) is 18.1. The normalized spacial score (nSPS) is 10.6. The Bertz CT molecular complexity index is 969. The SMILES string of the molecule is CCOc1ccc(Nc2oc(C=Cc3cccc(OC)c3)nc2C#N)cc1. The minimum Gasteiger partial charge on any atom is -0.497 e. The third-order valence-corrected chi connectivity index (χ3v) is 3.68. The molecule has 0 radical (unpaired) electrons. The van der Waals surface area contributed by atoms with E-state index in [1.807, 2.05) is 67.6 Å². The topological polar surface area (TPSA) is 80.3 Å². The largest absolute Gasteiger partial charge is 0.497 e. The number of benzene rings is 2. The molecule has 1 aromatic heterocycles. The van der Waals surface area contributed by atoms with Gasteiger partial charge in [-0.15, -0.1) is 0 Å². The van der Waals surface area contributed by atoms with Crippen molar-refractivity contribution in [2.75, 3.05) is 19.0 Å². The lowest BCUT2D eigenvalue weighted by Gasteiger charge is -2.05. The van der Waals surface area contributed by atoms with Gasteiger partial charge in [0, 0.05) is 11.8 Å². The van der Waals surface area contributed by atoms with Crippen LogP contribution in [0.2, 0.25) is 0 Å². The maximum absolute atomic E-state index is 9.30. The van der Waals surface area contributed by atoms with Gasteiger partial charge in [0.1, 0.15) is 17.6 Å². The van der Waals surface area contributed by atoms with Gasteiger partial charge in [-0.1, -0.05) is 12.1 Å². The summed E-state index contributed by atoms with van der Waals surface area (Å²) in [5, 5.41) is 12.4. The zero-order valence-electron chi connectivity index (χ0n) is 15.1. The third kappa shape index (κ3) is 4.67. The summed E-state index contributed by atoms with van der Waals surface area (Å²) in [6.07, 6.45) is 3.55. The van der Waals surface area contributed by atoms with Crippen LogP contribution in [0.4, 0.5) is 11.6 Å². The lowest BCUT2D eigenvalue weighted by molar-refractivity contribution is 0.340. The molecular weight excluding hydrogens is 342 g/mol. The second kappa shape index (κ2) is 8.59. The first-order valence-corrected chi connectivity index (χ1v) is 8.44. The third-order valence-electron chi connectivity index (χ3n) is 3.68. The Morgan fingerprint density at radius 2 is 1.96 bits per heavy atom. The molecule has 3 rings (SSSR count). The molecule has 0 atom stereocenters. The Kier molecular flexibility index (Phi) is 5.75. The van der Waals surface area contributed by atoms with Gasteiger partial charge in [0.2, 0.25) is 17.5 Å². The number of aromatic nitrogens is 1. The van der Waals surface area contributed by atoms with Gasteiger partial charge in [-0.05, 0) is 55.0 Å². The van der Waals surface area contributed by atoms with E-state index in [1.54, 1.807) is 13.2 Å². The summed E-state index contributed by atoms with van der Waals surface area (Å²) in [4.78, 5) is 4.20. The van der Waals surface area contributed by atoms with Crippen molar-refractivity contribution in [3.63, 3.8) is 0 Å². The highest BCUT2D eigenvalue weighted by molar-refractivity contribution is 5.69. The second-order valence-electron chi connectivity index (χ2n) is 5.53. The maximum Gasteiger partial charge on any atom is 0.236 e. The molecule has 2 aromatic carbocycles. The van der Waals surface area contributed by atoms with Gasteiger partial charge in [-0.2, -0.15) is 10.2 Å². The van der Waals surface area contributed by atoms with E-state index >= 15 is 0 Å². The molecule has 136 valence electrons. The average Bonchev–Trinajstić information content (AvgIpc) is 3.10. The molecule has 0 aliphatic heterocycles. The Morgan fingerprint density at radius 1 is 1.15 bits per heavy atom. The second-order valence-corrected chi connectivity index (χ2v) is 5.53. The summed E-state index contributed by atoms with van der Waals surface area (Å²) in [5.41, 5.74) is 1.90. The quantitative estimate of drug-likeness (QED) is 0.647. The fourth-order valence-corrected chi connectivity index (χ4v) is 2.41. The monoisotopic (exact) mass is 361 g/mol. The molecule has 0 aliphatic carbocycles. The molecule has 0 saturated carbocycles. The van der Waals surface area contributed by atoms with E-state index in [0.717, 1.165) is 22.7 Å². The Morgan fingerprint density at radius 3 is 2.67 bits per heavy atom. The van der Waals surface area contributed by atoms with Crippen molar-refractivity contribution in [2.24, 2.45) is 0 Å². The summed E-state index contributed by atoms with van der Waals surface area (Å²) in [6, 6.07) is 17.0. The molecule has 0 unspecified atom stereocenters. The van der Waals surface area contributed by atoms with E-state index in [1.165, 1.54) is 0 Å². The number of nitrogens with one attached hydrogen (secondary N) is 1. The molecule has 0 saturated heterocycles. The lowest BCUT2D eigenvalue weighted by atomic mass is 10.2. The van der Waals surface area contributed by atoms with Gasteiger partial charge < -0.3 is 19.2 Å². The Hall–Kier alpha value is -3.72. The minimum absolute atomic E-state index is 0.189. The molecule has 6 nitrogen and oxygen atoms in total. The van der Waals surface area contributed by atoms with Crippen LogP contribution in [0.1, 0.15) is 24.1 Å². The highest BCUT2D eigenvalue weighted by atomic mass is 16.5. The van der Waals surface area contributed by atoms with Gasteiger partial charge in [-0.25, -0.2) is 0 Å². The number of ether oxygens (including phenoxy) is 2. The van der Waals surface area contributed by atoms with E-state index in [4.69, 9.17) is 13.9 Å². The van der Waals surface area contributed by atoms with Crippen molar-refractivity contribution in [3.05, 3.63) is 65.7 Å². The van der Waals surface area contributed by atoms with E-state index in [-0.39, 0.29) is 5.69 Å². The molecule has 3 aromatic rings. The van der Waals surface area contributed by atoms with Crippen LogP contribution in [0.15, 0.2) is 52.9 Å². The summed E-state index contributed by atoms with van der Waals surface area (Å²) < 4.78 is 16.3. The lowest BCUT2D eigenvalue weighted by Crippen LogP contribution is -1.93. The minimum atomic E-state index is 0.189. The van der Waals surface area contributed by atoms with Crippen LogP contribution >= 0.6 is 0 Å². The number of nitriles is 1. The van der Waals surface area contributed by atoms with Gasteiger partial charge in [0.05, 0.1) is 13.7 Å². The van der Waals surface area contributed by atoms with Crippen molar-refractivity contribution in [3.8, 4) is 17.6 Å². The van der Waals surface area contributed by atoms with Crippen LogP contribution in [0.25, 0.3) is 12.2 Å². The molecule has 0 spiro atoms. The molecule has 0 aliphatic rings. The van der Waals surface area contributed by atoms with Crippen molar-refractivity contribution < 1.29 is 13.9 Å². The molecule has 1 heterocycles. The average molecular weight is 361 g/mol. The molecule has 0 fully saturated rings. The fourth-order valence-electron chi connectivity index (χ4n) is 2.41. The number of hydrogen-bond acceptors (Lipinski definition) is 6. The first-order valence-electron chi connectivity index (χ1n) is 8.44. The summed E-state index contributed by atoms with van der Waals surface area (Å²) in [6.45, 7) is 2.54. The van der Waals surface area contributed by atoms with Crippen LogP contribution in [0.5, 0.6) is 11.5 Å². The predicted octanol–water partition coefficient (Wildman–Crippen LogP) is 4.87. The standard InChI is InChI=1S/C21H19N3O3/c1-3-26-17-10-8-16(9-11-17)23-21-19(14-22)24-20(27-21)12-7-15-5-4-6-18(13-15)25-2/h4-13,23H,3H2,1-2H3. The van der Waals surface area contributed by atoms with Crippen LogP contribution in [0, 0.1) is 11.3 Å². The zero-order chi connectivity index (χ0) is 19.1. The number of hydrogen-bond donors (Lipinski definition) is 1. The number of rotatable bonds is 7. The van der Waals surface area contributed by atoms with Crippen molar-refractivity contribution in [1.29, 1.82) is 5.26 Å². The Balaban J connectivity index is 1.76. The first-order chi connectivity index (χ1) is 13.2. The van der Waals surface area contributed by atoms with Gasteiger partial charge in [0.25, 0.3) is 0 Å². The number of nitrogens with zero attached hydrogens (tertiary/aromatic N) is 2. The summed E-state index contributed by atoms with van der Waals surface area (Å²) >= 11 is 0. The molecule has 1 N–H and O–H groups in total. The van der Waals surface area contributed by atoms with Crippen molar-refractivity contribution in [1.82, 2.24) is 4.98 Å². The maximum atomic E-state index is 9.30. The highest BCUT2D eigenvalue weighted by Crippen LogP contribution is 2.25. The van der Waals surface area contributed by atoms with Crippen LogP contribution in [-0.2, 0) is 0 Å². The molecule has 0 amide bonds. The fraction of sp³-hybridized carbons (Fsp3) is 0.143. The van der Waals surface area contributed by atoms with E-state index in [0.29, 0.717) is 18.4 Å². The molecular formula is C21H19N3O3. The smallest absolute Gasteiger partial charge is 0.236 e. The predicted molar refractivity (Wildman–Crippen MR) is 104 cm³/mol. The summed E-state index contributed by atoms with van der Waals surface area (Å²) in [7, 11) is 1.62. The van der Waals surface area contributed by atoms with E-state index < -0.39 is 0 Å². The van der Waals surface area contributed by atoms with Gasteiger partial charge in [0.15, 0.2) is 0 Å². The van der Waals surface area contributed by atoms with Crippen molar-refractivity contribution >= 4 is 23.7 Å². The summed E-state index contributed by atoms with van der Waals surface area (Å²) in [5.74, 6) is 2.18. The van der Waals surface area contributed by atoms with Gasteiger partial charge >= 0.3 is 0 Å². The number of methoxy groups -OCH3 is 1. The molecule has 0 bridgehead atoms. The van der Waals surface area contributed by atoms with Crippen LogP contribution in [0.3, 0.4) is 0 Å². The van der Waals surface area contributed by atoms with Gasteiger partial charge in [-0.3, -0.25) is 0 Å². The Labute approximate surface area is 157 Å². The van der Waals surface area contributed by atoms with Crippen molar-refractivity contribution in [2.45, 2.75) is 6.92 Å². The van der Waals surface area contributed by atoms with E-state index in [9.17, 15) is 5.26 Å². The molecule has 6 heteroatoms. The zero-order valence-corrected chi connectivity index (χ0v) is 15.1.